The smallest absolute Gasteiger partial charge is 0.191 e. The molecule has 2 aromatic carbocycles. The van der Waals surface area contributed by atoms with Crippen molar-refractivity contribution in [1.29, 1.82) is 0 Å². The highest BCUT2D eigenvalue weighted by Gasteiger charge is 2.11. The van der Waals surface area contributed by atoms with Crippen molar-refractivity contribution >= 4 is 11.8 Å². The summed E-state index contributed by atoms with van der Waals surface area (Å²) in [4.78, 5) is 0. The molecular formula is C19H21N3OS. The summed E-state index contributed by atoms with van der Waals surface area (Å²) in [7, 11) is 0. The Bertz CT molecular complexity index is 744. The first-order valence-electron chi connectivity index (χ1n) is 8.13. The molecule has 0 N–H and O–H groups in total. The Kier molecular flexibility index (Phi) is 5.90. The van der Waals surface area contributed by atoms with E-state index in [9.17, 15) is 0 Å². The highest BCUT2D eigenvalue weighted by molar-refractivity contribution is 7.99. The van der Waals surface area contributed by atoms with E-state index in [4.69, 9.17) is 4.74 Å². The normalized spacial score (nSPS) is 10.7. The molecule has 3 aromatic rings. The molecule has 0 bridgehead atoms. The maximum atomic E-state index is 5.79. The van der Waals surface area contributed by atoms with Crippen LogP contribution < -0.4 is 4.74 Å². The molecule has 3 rings (SSSR count). The molecule has 4 nitrogen and oxygen atoms in total. The number of aryl methyl sites for hydroxylation is 1. The number of nitrogens with zero attached hydrogens (tertiary/aromatic N) is 3. The van der Waals surface area contributed by atoms with Crippen LogP contribution in [0.15, 0.2) is 65.8 Å². The molecule has 0 unspecified atom stereocenters. The predicted molar refractivity (Wildman–Crippen MR) is 97.3 cm³/mol. The molecule has 0 aliphatic carbocycles. The van der Waals surface area contributed by atoms with E-state index in [1.54, 1.807) is 11.8 Å². The van der Waals surface area contributed by atoms with Gasteiger partial charge in [-0.05, 0) is 31.0 Å². The van der Waals surface area contributed by atoms with Gasteiger partial charge in [-0.3, -0.25) is 0 Å². The highest BCUT2D eigenvalue weighted by Crippen LogP contribution is 2.19. The largest absolute Gasteiger partial charge is 0.486 e. The van der Waals surface area contributed by atoms with Crippen molar-refractivity contribution in [1.82, 2.24) is 14.8 Å². The van der Waals surface area contributed by atoms with Gasteiger partial charge in [-0.25, -0.2) is 0 Å². The van der Waals surface area contributed by atoms with E-state index in [0.717, 1.165) is 35.4 Å². The lowest BCUT2D eigenvalue weighted by Crippen LogP contribution is -2.07. The van der Waals surface area contributed by atoms with E-state index in [-0.39, 0.29) is 0 Å². The molecule has 0 saturated carbocycles. The molecule has 0 aliphatic rings. The molecule has 0 amide bonds. The molecule has 0 aliphatic heterocycles. The summed E-state index contributed by atoms with van der Waals surface area (Å²) in [5.41, 5.74) is 1.35. The van der Waals surface area contributed by atoms with Crippen LogP contribution in [-0.2, 0) is 19.6 Å². The van der Waals surface area contributed by atoms with Gasteiger partial charge in [0.15, 0.2) is 11.0 Å². The van der Waals surface area contributed by atoms with Gasteiger partial charge in [-0.2, -0.15) is 0 Å². The lowest BCUT2D eigenvalue weighted by atomic mass is 10.2. The van der Waals surface area contributed by atoms with Crippen molar-refractivity contribution in [2.45, 2.75) is 31.7 Å². The third-order valence-corrected chi connectivity index (χ3v) is 4.65. The quantitative estimate of drug-likeness (QED) is 0.576. The van der Waals surface area contributed by atoms with E-state index in [2.05, 4.69) is 46.0 Å². The average molecular weight is 339 g/mol. The molecule has 0 radical (unpaired) electrons. The molecule has 5 heteroatoms. The van der Waals surface area contributed by atoms with E-state index >= 15 is 0 Å². The summed E-state index contributed by atoms with van der Waals surface area (Å²) in [5.74, 6) is 2.70. The monoisotopic (exact) mass is 339 g/mol. The topological polar surface area (TPSA) is 39.9 Å². The summed E-state index contributed by atoms with van der Waals surface area (Å²) >= 11 is 1.74. The predicted octanol–water partition coefficient (Wildman–Crippen LogP) is 4.21. The molecule has 24 heavy (non-hydrogen) atoms. The number of aromatic nitrogens is 3. The first-order valence-corrected chi connectivity index (χ1v) is 9.12. The second-order valence-electron chi connectivity index (χ2n) is 5.33. The third-order valence-electron chi connectivity index (χ3n) is 3.69. The zero-order valence-electron chi connectivity index (χ0n) is 13.8. The van der Waals surface area contributed by atoms with E-state index in [1.807, 2.05) is 36.4 Å². The molecule has 0 fully saturated rings. The standard InChI is InChI=1S/C19H21N3OS/c1-2-22-18(15-23-17-11-7-4-8-12-17)20-21-19(22)24-14-13-16-9-5-3-6-10-16/h3-12H,2,13-15H2,1H3. The molecular weight excluding hydrogens is 318 g/mol. The number of thioether (sulfide) groups is 1. The molecule has 0 atom stereocenters. The molecule has 1 heterocycles. The average Bonchev–Trinajstić information content (AvgIpc) is 3.03. The van der Waals surface area contributed by atoms with E-state index < -0.39 is 0 Å². The van der Waals surface area contributed by atoms with E-state index in [0.29, 0.717) is 6.61 Å². The van der Waals surface area contributed by atoms with Crippen molar-refractivity contribution in [2.24, 2.45) is 0 Å². The summed E-state index contributed by atoms with van der Waals surface area (Å²) < 4.78 is 7.91. The van der Waals surface area contributed by atoms with Crippen LogP contribution >= 0.6 is 11.8 Å². The summed E-state index contributed by atoms with van der Waals surface area (Å²) in [6, 6.07) is 20.3. The van der Waals surface area contributed by atoms with Crippen LogP contribution in [0.4, 0.5) is 0 Å². The maximum absolute atomic E-state index is 5.79. The molecule has 1 aromatic heterocycles. The summed E-state index contributed by atoms with van der Waals surface area (Å²) in [6.07, 6.45) is 1.03. The van der Waals surface area contributed by atoms with Crippen LogP contribution in [-0.4, -0.2) is 20.5 Å². The van der Waals surface area contributed by atoms with Crippen LogP contribution in [0.2, 0.25) is 0 Å². The van der Waals surface area contributed by atoms with Crippen LogP contribution in [0.5, 0.6) is 5.75 Å². The van der Waals surface area contributed by atoms with Crippen molar-refractivity contribution in [3.05, 3.63) is 72.1 Å². The van der Waals surface area contributed by atoms with Crippen LogP contribution in [0.25, 0.3) is 0 Å². The molecule has 0 spiro atoms. The van der Waals surface area contributed by atoms with Gasteiger partial charge in [0.05, 0.1) is 0 Å². The summed E-state index contributed by atoms with van der Waals surface area (Å²) in [5, 5.41) is 9.58. The Labute approximate surface area is 146 Å². The van der Waals surface area contributed by atoms with Crippen LogP contribution in [0, 0.1) is 0 Å². The number of para-hydroxylation sites is 1. The lowest BCUT2D eigenvalue weighted by molar-refractivity contribution is 0.288. The van der Waals surface area contributed by atoms with Gasteiger partial charge in [-0.15, -0.1) is 10.2 Å². The Balaban J connectivity index is 1.57. The van der Waals surface area contributed by atoms with Gasteiger partial charge in [0, 0.05) is 12.3 Å². The van der Waals surface area contributed by atoms with Crippen molar-refractivity contribution in [3.8, 4) is 5.75 Å². The fraction of sp³-hybridized carbons (Fsp3) is 0.263. The fourth-order valence-electron chi connectivity index (χ4n) is 2.42. The van der Waals surface area contributed by atoms with Crippen molar-refractivity contribution in [2.75, 3.05) is 5.75 Å². The maximum Gasteiger partial charge on any atom is 0.191 e. The number of hydrogen-bond acceptors (Lipinski definition) is 4. The van der Waals surface area contributed by atoms with Gasteiger partial charge < -0.3 is 9.30 Å². The molecule has 124 valence electrons. The van der Waals surface area contributed by atoms with Crippen LogP contribution in [0.3, 0.4) is 0 Å². The molecule has 0 saturated heterocycles. The SMILES string of the molecule is CCn1c(COc2ccccc2)nnc1SCCc1ccccc1. The number of rotatable bonds is 8. The highest BCUT2D eigenvalue weighted by atomic mass is 32.2. The number of benzene rings is 2. The zero-order valence-corrected chi connectivity index (χ0v) is 14.6. The second kappa shape index (κ2) is 8.55. The summed E-state index contributed by atoms with van der Waals surface area (Å²) in [6.45, 7) is 3.38. The Morgan fingerprint density at radius 1 is 0.958 bits per heavy atom. The minimum atomic E-state index is 0.435. The first kappa shape index (κ1) is 16.6. The third kappa shape index (κ3) is 4.38. The van der Waals surface area contributed by atoms with E-state index in [1.165, 1.54) is 5.56 Å². The van der Waals surface area contributed by atoms with Crippen LogP contribution in [0.1, 0.15) is 18.3 Å². The number of hydrogen-bond donors (Lipinski definition) is 0. The van der Waals surface area contributed by atoms with Gasteiger partial charge in [0.2, 0.25) is 0 Å². The van der Waals surface area contributed by atoms with Gasteiger partial charge in [0.1, 0.15) is 12.4 Å². The second-order valence-corrected chi connectivity index (χ2v) is 6.39. The van der Waals surface area contributed by atoms with Crippen molar-refractivity contribution in [3.63, 3.8) is 0 Å². The van der Waals surface area contributed by atoms with Gasteiger partial charge >= 0.3 is 0 Å². The van der Waals surface area contributed by atoms with Gasteiger partial charge in [-0.1, -0.05) is 60.3 Å². The fourth-order valence-corrected chi connectivity index (χ4v) is 3.43. The first-order chi connectivity index (χ1) is 11.9. The number of ether oxygens (including phenoxy) is 1. The Morgan fingerprint density at radius 2 is 1.67 bits per heavy atom. The Morgan fingerprint density at radius 3 is 2.38 bits per heavy atom. The minimum absolute atomic E-state index is 0.435. The van der Waals surface area contributed by atoms with Gasteiger partial charge in [0.25, 0.3) is 0 Å². The van der Waals surface area contributed by atoms with Crippen molar-refractivity contribution < 1.29 is 4.74 Å². The minimum Gasteiger partial charge on any atom is -0.486 e. The zero-order chi connectivity index (χ0) is 16.6. The Hall–Kier alpha value is -2.27. The lowest BCUT2D eigenvalue weighted by Gasteiger charge is -2.08.